The summed E-state index contributed by atoms with van der Waals surface area (Å²) < 4.78 is 11.1. The number of ether oxygens (including phenoxy) is 2. The van der Waals surface area contributed by atoms with Crippen molar-refractivity contribution in [1.29, 1.82) is 0 Å². The van der Waals surface area contributed by atoms with Gasteiger partial charge in [-0.1, -0.05) is 12.1 Å². The lowest BCUT2D eigenvalue weighted by Gasteiger charge is -2.35. The number of aliphatic carboxylic acids is 1. The summed E-state index contributed by atoms with van der Waals surface area (Å²) in [5.41, 5.74) is 1.40. The molecule has 2 aliphatic heterocycles. The molecule has 47 heavy (non-hydrogen) atoms. The summed E-state index contributed by atoms with van der Waals surface area (Å²) in [4.78, 5) is 77.1. The van der Waals surface area contributed by atoms with E-state index in [0.29, 0.717) is 17.4 Å². The van der Waals surface area contributed by atoms with Crippen LogP contribution in [0.4, 0.5) is 4.79 Å². The Bertz CT molecular complexity index is 1610. The number of aromatic nitrogens is 2. The molecule has 0 saturated carbocycles. The van der Waals surface area contributed by atoms with Crippen molar-refractivity contribution < 1.29 is 38.6 Å². The molecule has 0 aliphatic carbocycles. The molecule has 14 nitrogen and oxygen atoms in total. The zero-order chi connectivity index (χ0) is 33.3. The van der Waals surface area contributed by atoms with E-state index in [2.05, 4.69) is 15.3 Å². The average molecular weight is 647 g/mol. The number of nitrogens with zero attached hydrogens (tertiary/aromatic N) is 5. The van der Waals surface area contributed by atoms with E-state index in [4.69, 9.17) is 9.47 Å². The minimum absolute atomic E-state index is 0.0535. The Morgan fingerprint density at radius 2 is 1.72 bits per heavy atom. The van der Waals surface area contributed by atoms with Crippen molar-refractivity contribution in [3.8, 4) is 5.75 Å². The summed E-state index contributed by atoms with van der Waals surface area (Å²) in [6, 6.07) is 11.0. The number of carboxylic acid groups (broad SMARTS) is 1. The van der Waals surface area contributed by atoms with Crippen LogP contribution in [0, 0.1) is 0 Å². The molecule has 2 saturated heterocycles. The van der Waals surface area contributed by atoms with E-state index in [1.807, 2.05) is 12.1 Å². The SMILES string of the molecule is CCOC(=O)N1CCN(C(=O)[C@H](CCC(=O)O)NC(=O)c2cc(OCC(=O)N3CCCC3c3ccncc3)c3ccccc3n2)CC1. The van der Waals surface area contributed by atoms with Crippen molar-refractivity contribution >= 4 is 40.7 Å². The van der Waals surface area contributed by atoms with Gasteiger partial charge >= 0.3 is 12.1 Å². The number of fused-ring (bicyclic) bond motifs is 1. The van der Waals surface area contributed by atoms with Gasteiger partial charge in [0.15, 0.2) is 6.61 Å². The van der Waals surface area contributed by atoms with Gasteiger partial charge in [0.1, 0.15) is 17.5 Å². The molecule has 0 bridgehead atoms. The monoisotopic (exact) mass is 646 g/mol. The van der Waals surface area contributed by atoms with Crippen LogP contribution in [0.2, 0.25) is 0 Å². The smallest absolute Gasteiger partial charge is 0.409 e. The predicted octanol–water partition coefficient (Wildman–Crippen LogP) is 2.64. The van der Waals surface area contributed by atoms with E-state index in [1.165, 1.54) is 15.9 Å². The van der Waals surface area contributed by atoms with Crippen molar-refractivity contribution in [2.75, 3.05) is 45.9 Å². The van der Waals surface area contributed by atoms with Crippen molar-refractivity contribution in [2.45, 2.75) is 44.7 Å². The van der Waals surface area contributed by atoms with Gasteiger partial charge in [0.25, 0.3) is 11.8 Å². The van der Waals surface area contributed by atoms with E-state index >= 15 is 0 Å². The Labute approximate surface area is 271 Å². The Morgan fingerprint density at radius 1 is 1.00 bits per heavy atom. The summed E-state index contributed by atoms with van der Waals surface area (Å²) in [6.45, 7) is 3.19. The molecule has 4 heterocycles. The Balaban J connectivity index is 1.30. The van der Waals surface area contributed by atoms with Crippen LogP contribution in [-0.2, 0) is 19.1 Å². The number of benzene rings is 1. The van der Waals surface area contributed by atoms with Gasteiger partial charge in [0, 0.05) is 63.0 Å². The normalized spacial score (nSPS) is 16.9. The van der Waals surface area contributed by atoms with Crippen LogP contribution >= 0.6 is 0 Å². The minimum Gasteiger partial charge on any atom is -0.483 e. The molecule has 1 unspecified atom stereocenters. The first kappa shape index (κ1) is 33.1. The van der Waals surface area contributed by atoms with Gasteiger partial charge in [-0.25, -0.2) is 9.78 Å². The van der Waals surface area contributed by atoms with E-state index < -0.39 is 29.9 Å². The van der Waals surface area contributed by atoms with Crippen LogP contribution in [-0.4, -0.2) is 112 Å². The molecule has 3 aromatic rings. The van der Waals surface area contributed by atoms with E-state index in [0.717, 1.165) is 18.4 Å². The first-order valence-electron chi connectivity index (χ1n) is 15.7. The van der Waals surface area contributed by atoms with Gasteiger partial charge in [-0.2, -0.15) is 0 Å². The molecule has 2 aromatic heterocycles. The highest BCUT2D eigenvalue weighted by atomic mass is 16.6. The zero-order valence-electron chi connectivity index (χ0n) is 26.2. The summed E-state index contributed by atoms with van der Waals surface area (Å²) in [6.07, 6.45) is 4.15. The van der Waals surface area contributed by atoms with Gasteiger partial charge in [-0.05, 0) is 56.0 Å². The molecule has 4 amide bonds. The summed E-state index contributed by atoms with van der Waals surface area (Å²) in [7, 11) is 0. The molecule has 5 rings (SSSR count). The molecule has 14 heteroatoms. The lowest BCUT2D eigenvalue weighted by atomic mass is 10.1. The van der Waals surface area contributed by atoms with Crippen molar-refractivity contribution in [3.05, 3.63) is 66.1 Å². The molecule has 2 fully saturated rings. The Kier molecular flexibility index (Phi) is 10.8. The highest BCUT2D eigenvalue weighted by molar-refractivity contribution is 5.99. The number of hydrogen-bond donors (Lipinski definition) is 2. The first-order chi connectivity index (χ1) is 22.7. The second kappa shape index (κ2) is 15.3. The van der Waals surface area contributed by atoms with E-state index in [-0.39, 0.29) is 75.6 Å². The zero-order valence-corrected chi connectivity index (χ0v) is 26.2. The highest BCUT2D eigenvalue weighted by Crippen LogP contribution is 2.32. The number of nitrogens with one attached hydrogen (secondary N) is 1. The van der Waals surface area contributed by atoms with Crippen LogP contribution in [0.1, 0.15) is 54.7 Å². The minimum atomic E-state index is -1.15. The summed E-state index contributed by atoms with van der Waals surface area (Å²) >= 11 is 0. The molecule has 1 aromatic carbocycles. The standard InChI is InChI=1S/C33H38N6O8/c1-2-46-33(45)38-18-16-37(17-19-38)32(44)25(9-10-30(41)42)36-31(43)26-20-28(23-6-3-4-7-24(23)35-26)47-21-29(40)39-15-5-8-27(39)22-11-13-34-14-12-22/h3-4,6-7,11-14,20,25,27H,2,5,8-10,15-19,21H2,1H3,(H,36,43)(H,41,42)/t25-,27?/m0/s1. The number of carbonyl (C=O) groups is 5. The van der Waals surface area contributed by atoms with Gasteiger partial charge in [0.2, 0.25) is 5.91 Å². The van der Waals surface area contributed by atoms with Crippen LogP contribution in [0.25, 0.3) is 10.9 Å². The number of carbonyl (C=O) groups excluding carboxylic acids is 4. The fourth-order valence-corrected chi connectivity index (χ4v) is 5.90. The summed E-state index contributed by atoms with van der Waals surface area (Å²) in [5.74, 6) is -2.19. The number of hydrogen-bond acceptors (Lipinski definition) is 9. The van der Waals surface area contributed by atoms with Crippen molar-refractivity contribution in [1.82, 2.24) is 30.0 Å². The lowest BCUT2D eigenvalue weighted by molar-refractivity contribution is -0.138. The predicted molar refractivity (Wildman–Crippen MR) is 168 cm³/mol. The second-order valence-corrected chi connectivity index (χ2v) is 11.3. The fourth-order valence-electron chi connectivity index (χ4n) is 5.90. The topological polar surface area (TPSA) is 172 Å². The Hall–Kier alpha value is -5.27. The molecule has 2 atom stereocenters. The van der Waals surface area contributed by atoms with Gasteiger partial charge < -0.3 is 34.6 Å². The van der Waals surface area contributed by atoms with E-state index in [9.17, 15) is 29.1 Å². The third kappa shape index (κ3) is 8.12. The van der Waals surface area contributed by atoms with Gasteiger partial charge in [-0.3, -0.25) is 24.2 Å². The number of para-hydroxylation sites is 1. The number of piperazine rings is 1. The van der Waals surface area contributed by atoms with E-state index in [1.54, 1.807) is 48.5 Å². The maximum Gasteiger partial charge on any atom is 0.409 e. The van der Waals surface area contributed by atoms with Gasteiger partial charge in [-0.15, -0.1) is 0 Å². The number of pyridine rings is 2. The van der Waals surface area contributed by atoms with Crippen LogP contribution in [0.5, 0.6) is 5.75 Å². The molecule has 0 spiro atoms. The molecule has 248 valence electrons. The molecule has 0 radical (unpaired) electrons. The number of likely N-dealkylation sites (tertiary alicyclic amines) is 1. The number of amides is 4. The first-order valence-corrected chi connectivity index (χ1v) is 15.7. The quantitative estimate of drug-likeness (QED) is 0.316. The third-order valence-electron chi connectivity index (χ3n) is 8.29. The molecule has 2 aliphatic rings. The second-order valence-electron chi connectivity index (χ2n) is 11.3. The number of rotatable bonds is 11. The van der Waals surface area contributed by atoms with Crippen LogP contribution < -0.4 is 10.1 Å². The maximum absolute atomic E-state index is 13.5. The molecular weight excluding hydrogens is 608 g/mol. The lowest BCUT2D eigenvalue weighted by Crippen LogP contribution is -2.56. The molecule has 2 N–H and O–H groups in total. The third-order valence-corrected chi connectivity index (χ3v) is 8.29. The highest BCUT2D eigenvalue weighted by Gasteiger charge is 2.32. The number of carboxylic acids is 1. The summed E-state index contributed by atoms with van der Waals surface area (Å²) in [5, 5.41) is 12.6. The van der Waals surface area contributed by atoms with Crippen LogP contribution in [0.15, 0.2) is 54.9 Å². The van der Waals surface area contributed by atoms with Crippen molar-refractivity contribution in [2.24, 2.45) is 0 Å². The molecular formula is C33H38N6O8. The largest absolute Gasteiger partial charge is 0.483 e. The average Bonchev–Trinajstić information content (AvgIpc) is 3.59. The van der Waals surface area contributed by atoms with Crippen molar-refractivity contribution in [3.63, 3.8) is 0 Å². The van der Waals surface area contributed by atoms with Crippen LogP contribution in [0.3, 0.4) is 0 Å². The maximum atomic E-state index is 13.5. The van der Waals surface area contributed by atoms with Gasteiger partial charge in [0.05, 0.1) is 18.2 Å². The fraction of sp³-hybridized carbons (Fsp3) is 0.424. The Morgan fingerprint density at radius 3 is 2.45 bits per heavy atom.